The Morgan fingerprint density at radius 2 is 1.01 bits per heavy atom. The summed E-state index contributed by atoms with van der Waals surface area (Å²) in [6, 6.07) is 62.2. The second kappa shape index (κ2) is 14.9. The first-order valence-corrected chi connectivity index (χ1v) is 25.1. The zero-order valence-corrected chi connectivity index (χ0v) is 39.7. The number of nitrogens with zero attached hydrogens (tertiary/aromatic N) is 2. The topological polar surface area (TPSA) is 59.0 Å². The van der Waals surface area contributed by atoms with Gasteiger partial charge in [-0.05, 0) is 88.3 Å². The Bertz CT molecular complexity index is 4720. The maximum absolute atomic E-state index is 7.04. The first-order chi connectivity index (χ1) is 35.6. The van der Waals surface area contributed by atoms with Crippen LogP contribution >= 0.6 is 11.6 Å². The summed E-state index contributed by atoms with van der Waals surface area (Å²) >= 11 is 6.87. The van der Waals surface area contributed by atoms with E-state index in [0.29, 0.717) is 10.6 Å². The Morgan fingerprint density at radius 1 is 0.444 bits per heavy atom. The van der Waals surface area contributed by atoms with Crippen molar-refractivity contribution in [2.45, 2.75) is 31.7 Å². The second-order valence-corrected chi connectivity index (χ2v) is 19.9. The van der Waals surface area contributed by atoms with Crippen molar-refractivity contribution < 1.29 is 17.7 Å². The SMILES string of the molecule is CC1CC=Cc2c1oc1c(N(c3ccc4ccc5c6c(ccc3c46)=CCC5N(c3cccc4c3oc3ccccc34)c3cccc4c3oc3c(Cl)cccc34)c3cccc4c3oc3ccccc34)cccc21. The molecule has 4 aromatic heterocycles. The number of hydrogen-bond acceptors (Lipinski definition) is 6. The van der Waals surface area contributed by atoms with Gasteiger partial charge in [0.15, 0.2) is 27.9 Å². The monoisotopic (exact) mass is 948 g/mol. The summed E-state index contributed by atoms with van der Waals surface area (Å²) in [6.07, 6.45) is 8.59. The highest BCUT2D eigenvalue weighted by atomic mass is 35.5. The molecule has 4 heterocycles. The fourth-order valence-corrected chi connectivity index (χ4v) is 12.7. The summed E-state index contributed by atoms with van der Waals surface area (Å²) in [6.45, 7) is 2.25. The highest BCUT2D eigenvalue weighted by molar-refractivity contribution is 6.36. The summed E-state index contributed by atoms with van der Waals surface area (Å²) < 4.78 is 27.7. The van der Waals surface area contributed by atoms with Gasteiger partial charge in [-0.15, -0.1) is 0 Å². The van der Waals surface area contributed by atoms with Crippen LogP contribution in [0.4, 0.5) is 28.4 Å². The molecule has 2 aliphatic carbocycles. The highest BCUT2D eigenvalue weighted by Gasteiger charge is 2.33. The molecule has 0 aliphatic heterocycles. The number of benzene rings is 10. The van der Waals surface area contributed by atoms with Crippen molar-refractivity contribution in [2.24, 2.45) is 0 Å². The molecule has 2 unspecified atom stereocenters. The molecule has 0 N–H and O–H groups in total. The van der Waals surface area contributed by atoms with Gasteiger partial charge >= 0.3 is 0 Å². The summed E-state index contributed by atoms with van der Waals surface area (Å²) in [7, 11) is 0. The molecular formula is C65H41ClN2O4. The van der Waals surface area contributed by atoms with Gasteiger partial charge in [0, 0.05) is 54.6 Å². The fourth-order valence-electron chi connectivity index (χ4n) is 12.4. The minimum atomic E-state index is -0.164. The molecule has 0 saturated carbocycles. The number of allylic oxidation sites excluding steroid dienone is 1. The predicted octanol–water partition coefficient (Wildman–Crippen LogP) is 18.9. The maximum atomic E-state index is 7.04. The van der Waals surface area contributed by atoms with Crippen molar-refractivity contribution >= 4 is 151 Å². The smallest absolute Gasteiger partial charge is 0.159 e. The van der Waals surface area contributed by atoms with Crippen LogP contribution in [0.1, 0.15) is 48.6 Å². The lowest BCUT2D eigenvalue weighted by Gasteiger charge is -2.36. The van der Waals surface area contributed by atoms with E-state index >= 15 is 0 Å². The van der Waals surface area contributed by atoms with E-state index in [1.807, 2.05) is 24.3 Å². The van der Waals surface area contributed by atoms with Crippen LogP contribution in [0.15, 0.2) is 200 Å². The molecule has 72 heavy (non-hydrogen) atoms. The van der Waals surface area contributed by atoms with Gasteiger partial charge in [-0.3, -0.25) is 0 Å². The summed E-state index contributed by atoms with van der Waals surface area (Å²) in [4.78, 5) is 4.84. The van der Waals surface area contributed by atoms with Crippen molar-refractivity contribution in [3.05, 3.63) is 209 Å². The molecule has 10 aromatic carbocycles. The first kappa shape index (κ1) is 40.1. The van der Waals surface area contributed by atoms with Gasteiger partial charge in [0.25, 0.3) is 0 Å². The van der Waals surface area contributed by atoms with Crippen LogP contribution < -0.4 is 15.0 Å². The molecule has 0 amide bonds. The molecule has 0 radical (unpaired) electrons. The quantitative estimate of drug-likeness (QED) is 0.166. The number of para-hydroxylation sites is 7. The highest BCUT2D eigenvalue weighted by Crippen LogP contribution is 2.53. The Kier molecular flexibility index (Phi) is 8.29. The molecule has 2 aliphatic rings. The van der Waals surface area contributed by atoms with E-state index in [-0.39, 0.29) is 12.0 Å². The summed E-state index contributed by atoms with van der Waals surface area (Å²) in [5, 5.41) is 13.9. The van der Waals surface area contributed by atoms with Crippen LogP contribution in [0.5, 0.6) is 0 Å². The first-order valence-electron chi connectivity index (χ1n) is 24.8. The van der Waals surface area contributed by atoms with E-state index in [4.69, 9.17) is 29.3 Å². The molecule has 6 nitrogen and oxygen atoms in total. The molecule has 14 aromatic rings. The average molecular weight is 950 g/mol. The molecule has 16 rings (SSSR count). The Hall–Kier alpha value is -8.71. The number of halogens is 1. The Morgan fingerprint density at radius 3 is 1.74 bits per heavy atom. The van der Waals surface area contributed by atoms with Crippen LogP contribution in [0, 0.1) is 0 Å². The molecule has 0 saturated heterocycles. The molecule has 342 valence electrons. The third-order valence-corrected chi connectivity index (χ3v) is 15.9. The van der Waals surface area contributed by atoms with E-state index in [0.717, 1.165) is 135 Å². The average Bonchev–Trinajstić information content (AvgIpc) is 4.21. The van der Waals surface area contributed by atoms with Gasteiger partial charge in [0.1, 0.15) is 16.9 Å². The molecule has 7 heteroatoms. The number of hydrogen-bond donors (Lipinski definition) is 0. The van der Waals surface area contributed by atoms with E-state index in [1.54, 1.807) is 0 Å². The van der Waals surface area contributed by atoms with Crippen LogP contribution in [-0.2, 0) is 0 Å². The van der Waals surface area contributed by atoms with E-state index < -0.39 is 0 Å². The third kappa shape index (κ3) is 5.50. The van der Waals surface area contributed by atoms with Gasteiger partial charge in [-0.2, -0.15) is 0 Å². The van der Waals surface area contributed by atoms with Gasteiger partial charge in [0.05, 0.1) is 39.5 Å². The standard InChI is InChI=1S/C65H41ClN2O4/c1-36-12-6-15-43-45-19-10-24-54(64(45)71-60(36)43)67(52-22-8-17-41-39-13-2-4-26-56(39)69-62(41)52)50-34-30-37-29-33-48-51(35-31-38-28-32-47(50)58(37)59(38)48)68(53-23-9-18-42-40-14-3-5-27-57(40)70-63(42)53)55-25-11-20-46-44-16-7-21-49(66)61(44)72-65(46)55/h2-11,13-34,36,51H,12,35H2,1H3. The molecule has 0 bridgehead atoms. The Balaban J connectivity index is 0.967. The summed E-state index contributed by atoms with van der Waals surface area (Å²) in [5.74, 6) is 1.29. The number of anilines is 5. The van der Waals surface area contributed by atoms with Crippen molar-refractivity contribution in [1.29, 1.82) is 0 Å². The minimum absolute atomic E-state index is 0.164. The minimum Gasteiger partial charge on any atom is -0.458 e. The van der Waals surface area contributed by atoms with Crippen LogP contribution in [0.25, 0.3) is 110 Å². The largest absolute Gasteiger partial charge is 0.458 e. The number of furan rings is 4. The van der Waals surface area contributed by atoms with Gasteiger partial charge < -0.3 is 27.5 Å². The lowest BCUT2D eigenvalue weighted by atomic mass is 9.85. The lowest BCUT2D eigenvalue weighted by Crippen LogP contribution is -2.28. The predicted molar refractivity (Wildman–Crippen MR) is 297 cm³/mol. The molecule has 0 fully saturated rings. The van der Waals surface area contributed by atoms with Crippen LogP contribution in [0.3, 0.4) is 0 Å². The van der Waals surface area contributed by atoms with Gasteiger partial charge in [0.2, 0.25) is 0 Å². The van der Waals surface area contributed by atoms with Crippen molar-refractivity contribution in [3.8, 4) is 0 Å². The fraction of sp³-hybridized carbons (Fsp3) is 0.0769. The van der Waals surface area contributed by atoms with Crippen LogP contribution in [-0.4, -0.2) is 0 Å². The maximum Gasteiger partial charge on any atom is 0.159 e. The Labute approximate surface area is 416 Å². The van der Waals surface area contributed by atoms with Gasteiger partial charge in [-0.25, -0.2) is 0 Å². The van der Waals surface area contributed by atoms with Gasteiger partial charge in [-0.1, -0.05) is 164 Å². The zero-order valence-electron chi connectivity index (χ0n) is 38.9. The second-order valence-electron chi connectivity index (χ2n) is 19.5. The van der Waals surface area contributed by atoms with Crippen molar-refractivity contribution in [1.82, 2.24) is 0 Å². The lowest BCUT2D eigenvalue weighted by molar-refractivity contribution is 0.504. The molecular weight excluding hydrogens is 908 g/mol. The third-order valence-electron chi connectivity index (χ3n) is 15.6. The van der Waals surface area contributed by atoms with E-state index in [2.05, 4.69) is 187 Å². The van der Waals surface area contributed by atoms with E-state index in [1.165, 1.54) is 21.6 Å². The zero-order chi connectivity index (χ0) is 47.3. The van der Waals surface area contributed by atoms with Crippen LogP contribution in [0.2, 0.25) is 5.02 Å². The van der Waals surface area contributed by atoms with Crippen molar-refractivity contribution in [3.63, 3.8) is 0 Å². The number of fused-ring (bicyclic) bond motifs is 12. The molecule has 2 atom stereocenters. The van der Waals surface area contributed by atoms with Crippen molar-refractivity contribution in [2.75, 3.05) is 9.80 Å². The summed E-state index contributed by atoms with van der Waals surface area (Å²) in [5.41, 5.74) is 12.8. The molecule has 0 spiro atoms. The number of rotatable bonds is 6. The van der Waals surface area contributed by atoms with E-state index in [9.17, 15) is 0 Å². The normalized spacial score (nSPS) is 15.6.